The summed E-state index contributed by atoms with van der Waals surface area (Å²) in [6.07, 6.45) is 2.69. The number of benzene rings is 1. The van der Waals surface area contributed by atoms with Crippen LogP contribution in [0, 0.1) is 0 Å². The summed E-state index contributed by atoms with van der Waals surface area (Å²) in [5, 5.41) is 16.4. The highest BCUT2D eigenvalue weighted by Gasteiger charge is 2.00. The number of ketones is 1. The SMILES string of the molecule is C=CC(=O)OCCC(=O)O.O=C(O)/C=C/C(=O)c1ccccc1. The zero-order valence-electron chi connectivity index (χ0n) is 12.2. The summed E-state index contributed by atoms with van der Waals surface area (Å²) in [6.45, 7) is 3.04. The number of rotatable bonds is 7. The van der Waals surface area contributed by atoms with E-state index in [4.69, 9.17) is 10.2 Å². The maximum atomic E-state index is 11.2. The highest BCUT2D eigenvalue weighted by atomic mass is 16.5. The van der Waals surface area contributed by atoms with Crippen molar-refractivity contribution in [2.75, 3.05) is 6.61 Å². The summed E-state index contributed by atoms with van der Waals surface area (Å²) in [5.41, 5.74) is 0.486. The van der Waals surface area contributed by atoms with Crippen LogP contribution in [0.4, 0.5) is 0 Å². The summed E-state index contributed by atoms with van der Waals surface area (Å²) in [5.74, 6) is -3.01. The average molecular weight is 320 g/mol. The molecule has 0 spiro atoms. The van der Waals surface area contributed by atoms with Crippen molar-refractivity contribution in [2.45, 2.75) is 6.42 Å². The number of hydrogen-bond donors (Lipinski definition) is 2. The Labute approximate surface area is 132 Å². The van der Waals surface area contributed by atoms with Gasteiger partial charge in [0.1, 0.15) is 6.61 Å². The molecule has 0 aliphatic rings. The second-order valence-corrected chi connectivity index (χ2v) is 3.92. The lowest BCUT2D eigenvalue weighted by Crippen LogP contribution is -2.06. The van der Waals surface area contributed by atoms with E-state index < -0.39 is 17.9 Å². The normalized spacial score (nSPS) is 9.39. The number of hydrogen-bond acceptors (Lipinski definition) is 5. The molecule has 1 aromatic rings. The third-order valence-electron chi connectivity index (χ3n) is 2.16. The van der Waals surface area contributed by atoms with E-state index in [2.05, 4.69) is 11.3 Å². The third kappa shape index (κ3) is 11.1. The van der Waals surface area contributed by atoms with Gasteiger partial charge in [-0.3, -0.25) is 9.59 Å². The van der Waals surface area contributed by atoms with Crippen molar-refractivity contribution < 1.29 is 34.1 Å². The fourth-order valence-corrected chi connectivity index (χ4v) is 1.14. The lowest BCUT2D eigenvalue weighted by Gasteiger charge is -1.96. The molecule has 0 saturated heterocycles. The molecule has 0 aromatic heterocycles. The Morgan fingerprint density at radius 3 is 2.13 bits per heavy atom. The van der Waals surface area contributed by atoms with E-state index in [9.17, 15) is 19.2 Å². The van der Waals surface area contributed by atoms with E-state index in [1.807, 2.05) is 0 Å². The van der Waals surface area contributed by atoms with Crippen molar-refractivity contribution in [3.05, 3.63) is 60.7 Å². The van der Waals surface area contributed by atoms with Gasteiger partial charge in [-0.05, 0) is 6.08 Å². The molecule has 0 aliphatic heterocycles. The Morgan fingerprint density at radius 1 is 1.04 bits per heavy atom. The first-order valence-electron chi connectivity index (χ1n) is 6.38. The van der Waals surface area contributed by atoms with Crippen molar-refractivity contribution >= 4 is 23.7 Å². The van der Waals surface area contributed by atoms with Crippen LogP contribution in [0.1, 0.15) is 16.8 Å². The quantitative estimate of drug-likeness (QED) is 0.446. The molecule has 0 aliphatic carbocycles. The van der Waals surface area contributed by atoms with Gasteiger partial charge in [0.15, 0.2) is 5.78 Å². The average Bonchev–Trinajstić information content (AvgIpc) is 2.53. The smallest absolute Gasteiger partial charge is 0.330 e. The molecule has 0 unspecified atom stereocenters. The van der Waals surface area contributed by atoms with Crippen molar-refractivity contribution in [1.29, 1.82) is 0 Å². The number of ether oxygens (including phenoxy) is 1. The van der Waals surface area contributed by atoms with Gasteiger partial charge >= 0.3 is 17.9 Å². The monoisotopic (exact) mass is 320 g/mol. The van der Waals surface area contributed by atoms with E-state index in [0.29, 0.717) is 5.56 Å². The van der Waals surface area contributed by atoms with Crippen LogP contribution in [0.2, 0.25) is 0 Å². The molecule has 0 heterocycles. The number of carbonyl (C=O) groups excluding carboxylic acids is 2. The van der Waals surface area contributed by atoms with Gasteiger partial charge in [-0.1, -0.05) is 36.9 Å². The molecule has 7 heteroatoms. The number of carboxylic acids is 2. The van der Waals surface area contributed by atoms with Crippen LogP contribution in [0.3, 0.4) is 0 Å². The number of carbonyl (C=O) groups is 4. The van der Waals surface area contributed by atoms with Crippen LogP contribution in [-0.4, -0.2) is 40.5 Å². The second-order valence-electron chi connectivity index (χ2n) is 3.92. The van der Waals surface area contributed by atoms with Crippen molar-refractivity contribution in [1.82, 2.24) is 0 Å². The standard InChI is InChI=1S/C10H8O3.C6H8O4/c11-9(6-7-10(12)13)8-4-2-1-3-5-8;1-2-6(9)10-4-3-5(7)8/h1-7H,(H,12,13);2H,1,3-4H2,(H,7,8)/b7-6+;. The van der Waals surface area contributed by atoms with Crippen LogP contribution >= 0.6 is 0 Å². The van der Waals surface area contributed by atoms with E-state index in [1.54, 1.807) is 30.3 Å². The van der Waals surface area contributed by atoms with E-state index >= 15 is 0 Å². The molecule has 0 atom stereocenters. The molecule has 7 nitrogen and oxygen atoms in total. The van der Waals surface area contributed by atoms with E-state index in [-0.39, 0.29) is 18.8 Å². The number of allylic oxidation sites excluding steroid dienone is 1. The molecule has 1 aromatic carbocycles. The Hall–Kier alpha value is -3.22. The first-order valence-corrected chi connectivity index (χ1v) is 6.38. The van der Waals surface area contributed by atoms with Crippen LogP contribution in [-0.2, 0) is 19.1 Å². The molecule has 0 radical (unpaired) electrons. The van der Waals surface area contributed by atoms with Crippen molar-refractivity contribution in [3.63, 3.8) is 0 Å². The molecule has 122 valence electrons. The van der Waals surface area contributed by atoms with Crippen LogP contribution in [0.5, 0.6) is 0 Å². The minimum absolute atomic E-state index is 0.0970. The van der Waals surface area contributed by atoms with Crippen LogP contribution in [0.15, 0.2) is 55.1 Å². The Balaban J connectivity index is 0.000000438. The van der Waals surface area contributed by atoms with E-state index in [0.717, 1.165) is 18.2 Å². The zero-order chi connectivity index (χ0) is 17.7. The van der Waals surface area contributed by atoms with Crippen LogP contribution < -0.4 is 0 Å². The largest absolute Gasteiger partial charge is 0.481 e. The summed E-state index contributed by atoms with van der Waals surface area (Å²) in [7, 11) is 0. The molecular formula is C16H16O7. The predicted octanol–water partition coefficient (Wildman–Crippen LogP) is 1.70. The summed E-state index contributed by atoms with van der Waals surface area (Å²) in [6, 6.07) is 8.50. The predicted molar refractivity (Wildman–Crippen MR) is 81.0 cm³/mol. The van der Waals surface area contributed by atoms with Gasteiger partial charge in [0, 0.05) is 17.7 Å². The fourth-order valence-electron chi connectivity index (χ4n) is 1.14. The molecule has 2 N–H and O–H groups in total. The van der Waals surface area contributed by atoms with E-state index in [1.165, 1.54) is 0 Å². The van der Waals surface area contributed by atoms with Crippen molar-refractivity contribution in [2.24, 2.45) is 0 Å². The topological polar surface area (TPSA) is 118 Å². The maximum absolute atomic E-state index is 11.2. The Kier molecular flexibility index (Phi) is 9.84. The minimum Gasteiger partial charge on any atom is -0.481 e. The highest BCUT2D eigenvalue weighted by Crippen LogP contribution is 2.00. The third-order valence-corrected chi connectivity index (χ3v) is 2.16. The Bertz CT molecular complexity index is 588. The van der Waals surface area contributed by atoms with Crippen molar-refractivity contribution in [3.8, 4) is 0 Å². The second kappa shape index (κ2) is 11.4. The Morgan fingerprint density at radius 2 is 1.65 bits per heavy atom. The summed E-state index contributed by atoms with van der Waals surface area (Å²) >= 11 is 0. The molecule has 1 rings (SSSR count). The number of carboxylic acid groups (broad SMARTS) is 2. The fraction of sp³-hybridized carbons (Fsp3) is 0.125. The zero-order valence-corrected chi connectivity index (χ0v) is 12.2. The minimum atomic E-state index is -1.12. The van der Waals surface area contributed by atoms with Gasteiger partial charge in [-0.25, -0.2) is 9.59 Å². The van der Waals surface area contributed by atoms with Gasteiger partial charge in [-0.2, -0.15) is 0 Å². The maximum Gasteiger partial charge on any atom is 0.330 e. The number of aliphatic carboxylic acids is 2. The first-order chi connectivity index (χ1) is 10.9. The van der Waals surface area contributed by atoms with Gasteiger partial charge in [0.2, 0.25) is 0 Å². The van der Waals surface area contributed by atoms with Crippen LogP contribution in [0.25, 0.3) is 0 Å². The van der Waals surface area contributed by atoms with Gasteiger partial charge in [0.25, 0.3) is 0 Å². The summed E-state index contributed by atoms with van der Waals surface area (Å²) in [4.78, 5) is 41.4. The molecule has 0 fully saturated rings. The lowest BCUT2D eigenvalue weighted by atomic mass is 10.1. The lowest BCUT2D eigenvalue weighted by molar-refractivity contribution is -0.142. The molecule has 0 saturated carbocycles. The highest BCUT2D eigenvalue weighted by molar-refractivity contribution is 6.06. The number of esters is 1. The first kappa shape index (κ1) is 19.8. The van der Waals surface area contributed by atoms with Gasteiger partial charge < -0.3 is 14.9 Å². The molecule has 0 bridgehead atoms. The molecular weight excluding hydrogens is 304 g/mol. The molecule has 0 amide bonds. The van der Waals surface area contributed by atoms with Gasteiger partial charge in [0.05, 0.1) is 6.42 Å². The summed E-state index contributed by atoms with van der Waals surface area (Å²) < 4.78 is 4.36. The van der Waals surface area contributed by atoms with Gasteiger partial charge in [-0.15, -0.1) is 0 Å². The molecule has 23 heavy (non-hydrogen) atoms.